The van der Waals surface area contributed by atoms with E-state index in [0.717, 1.165) is 27.7 Å². The van der Waals surface area contributed by atoms with Crippen LogP contribution in [0.5, 0.6) is 0 Å². The molecule has 0 amide bonds. The molecule has 14 heteroatoms. The van der Waals surface area contributed by atoms with E-state index in [1.54, 1.807) is 0 Å². The highest BCUT2D eigenvalue weighted by molar-refractivity contribution is 6.31. The molecule has 5 atom stereocenters. The van der Waals surface area contributed by atoms with Crippen molar-refractivity contribution in [2.24, 2.45) is 0 Å². The fourth-order valence-corrected chi connectivity index (χ4v) is 2.51. The van der Waals surface area contributed by atoms with Gasteiger partial charge in [0.15, 0.2) is 12.2 Å². The molecule has 1 rings (SSSR count). The third-order valence-electron chi connectivity index (χ3n) is 3.44. The standard InChI is InChI=1S/C16H20ClF2NO10/c1-6(21)25-5-10-11(26-7(2)22)12(27-8(3)23)13(28-9(4)24)14(29-10)30-15(20)16(17,18)19/h10-14,20H,5H2,1-4H3/t10-,11-,12+,13-,14-/m1/s1. The van der Waals surface area contributed by atoms with Crippen LogP contribution in [0.1, 0.15) is 27.7 Å². The van der Waals surface area contributed by atoms with Gasteiger partial charge < -0.3 is 28.4 Å². The van der Waals surface area contributed by atoms with Gasteiger partial charge in [0, 0.05) is 27.7 Å². The molecule has 170 valence electrons. The summed E-state index contributed by atoms with van der Waals surface area (Å²) < 4.78 is 56.4. The molecule has 11 nitrogen and oxygen atoms in total. The summed E-state index contributed by atoms with van der Waals surface area (Å²) in [6.45, 7) is 3.43. The third kappa shape index (κ3) is 7.71. The number of hydrogen-bond acceptors (Lipinski definition) is 11. The number of rotatable bonds is 7. The van der Waals surface area contributed by atoms with Gasteiger partial charge in [-0.2, -0.15) is 8.78 Å². The first-order valence-corrected chi connectivity index (χ1v) is 8.73. The summed E-state index contributed by atoms with van der Waals surface area (Å²) in [5, 5.41) is 3.02. The lowest BCUT2D eigenvalue weighted by atomic mass is 9.98. The van der Waals surface area contributed by atoms with E-state index in [-0.39, 0.29) is 0 Å². The van der Waals surface area contributed by atoms with Crippen LogP contribution in [0.15, 0.2) is 0 Å². The molecule has 0 bridgehead atoms. The van der Waals surface area contributed by atoms with Crippen molar-refractivity contribution in [3.63, 3.8) is 0 Å². The molecule has 0 aromatic rings. The van der Waals surface area contributed by atoms with Gasteiger partial charge in [0.25, 0.3) is 5.90 Å². The van der Waals surface area contributed by atoms with Crippen molar-refractivity contribution in [2.45, 2.75) is 63.8 Å². The molecule has 0 aliphatic carbocycles. The van der Waals surface area contributed by atoms with Crippen molar-refractivity contribution < 1.29 is 56.4 Å². The van der Waals surface area contributed by atoms with E-state index >= 15 is 0 Å². The molecule has 1 saturated heterocycles. The van der Waals surface area contributed by atoms with Crippen LogP contribution in [0, 0.1) is 5.41 Å². The van der Waals surface area contributed by atoms with Crippen molar-refractivity contribution in [3.05, 3.63) is 0 Å². The quantitative estimate of drug-likeness (QED) is 0.191. The average Bonchev–Trinajstić information content (AvgIpc) is 2.56. The smallest absolute Gasteiger partial charge is 0.396 e. The van der Waals surface area contributed by atoms with Gasteiger partial charge in [0.1, 0.15) is 12.7 Å². The first-order chi connectivity index (χ1) is 13.7. The zero-order valence-corrected chi connectivity index (χ0v) is 17.1. The molecule has 0 spiro atoms. The zero-order valence-electron chi connectivity index (χ0n) is 16.3. The maximum absolute atomic E-state index is 13.2. The molecule has 0 aromatic carbocycles. The number of nitrogens with one attached hydrogen (secondary N) is 1. The molecular weight excluding hydrogens is 440 g/mol. The van der Waals surface area contributed by atoms with E-state index in [1.807, 2.05) is 0 Å². The molecule has 1 heterocycles. The molecule has 0 radical (unpaired) electrons. The second-order valence-corrected chi connectivity index (χ2v) is 6.49. The summed E-state index contributed by atoms with van der Waals surface area (Å²) in [5.74, 6) is -5.26. The normalized spacial score (nSPS) is 26.2. The topological polar surface area (TPSA) is 148 Å². The molecule has 1 fully saturated rings. The fourth-order valence-electron chi connectivity index (χ4n) is 2.47. The lowest BCUT2D eigenvalue weighted by Crippen LogP contribution is -2.63. The summed E-state index contributed by atoms with van der Waals surface area (Å²) in [5.41, 5.74) is 0. The van der Waals surface area contributed by atoms with Gasteiger partial charge in [-0.25, -0.2) is 0 Å². The van der Waals surface area contributed by atoms with Crippen molar-refractivity contribution in [2.75, 3.05) is 6.61 Å². The second-order valence-electron chi connectivity index (χ2n) is 6.01. The van der Waals surface area contributed by atoms with E-state index in [9.17, 15) is 28.0 Å². The lowest BCUT2D eigenvalue weighted by molar-refractivity contribution is -0.293. The second kappa shape index (κ2) is 10.5. The summed E-state index contributed by atoms with van der Waals surface area (Å²) >= 11 is 4.74. The van der Waals surface area contributed by atoms with E-state index < -0.39 is 72.5 Å². The van der Waals surface area contributed by atoms with Gasteiger partial charge in [-0.15, -0.1) is 0 Å². The number of halogens is 3. The zero-order chi connectivity index (χ0) is 23.2. The van der Waals surface area contributed by atoms with Crippen molar-refractivity contribution in [1.29, 1.82) is 5.41 Å². The molecule has 1 aliphatic rings. The molecule has 30 heavy (non-hydrogen) atoms. The van der Waals surface area contributed by atoms with Crippen LogP contribution in [0.3, 0.4) is 0 Å². The fraction of sp³-hybridized carbons (Fsp3) is 0.688. The first kappa shape index (κ1) is 25.5. The predicted molar refractivity (Wildman–Crippen MR) is 91.6 cm³/mol. The largest absolute Gasteiger partial charge is 0.463 e. The first-order valence-electron chi connectivity index (χ1n) is 8.35. The number of esters is 4. The maximum Gasteiger partial charge on any atom is 0.396 e. The SMILES string of the molecule is CC(=O)OC[C@H]1O[C@H](OC(=N)C(F)(F)Cl)[C@H](OC(C)=O)[C@@H](OC(C)=O)[C@@H]1OC(C)=O. The van der Waals surface area contributed by atoms with Gasteiger partial charge in [-0.1, -0.05) is 0 Å². The predicted octanol–water partition coefficient (Wildman–Crippen LogP) is 0.895. The van der Waals surface area contributed by atoms with E-state index in [1.165, 1.54) is 0 Å². The molecular formula is C16H20ClF2NO10. The minimum Gasteiger partial charge on any atom is -0.463 e. The summed E-state index contributed by atoms with van der Waals surface area (Å²) in [7, 11) is 0. The van der Waals surface area contributed by atoms with Gasteiger partial charge in [0.05, 0.1) is 0 Å². The van der Waals surface area contributed by atoms with Gasteiger partial charge in [-0.3, -0.25) is 24.6 Å². The molecule has 0 aromatic heterocycles. The Kier molecular flexibility index (Phi) is 8.90. The van der Waals surface area contributed by atoms with Crippen LogP contribution in [0.25, 0.3) is 0 Å². The van der Waals surface area contributed by atoms with Crippen LogP contribution < -0.4 is 0 Å². The molecule has 0 unspecified atom stereocenters. The lowest BCUT2D eigenvalue weighted by Gasteiger charge is -2.43. The Morgan fingerprint density at radius 3 is 1.77 bits per heavy atom. The summed E-state index contributed by atoms with van der Waals surface area (Å²) in [6, 6.07) is 0. The Morgan fingerprint density at radius 2 is 1.33 bits per heavy atom. The number of alkyl halides is 3. The third-order valence-corrected chi connectivity index (χ3v) is 3.61. The van der Waals surface area contributed by atoms with E-state index in [2.05, 4.69) is 0 Å². The number of carbonyl (C=O) groups is 4. The highest BCUT2D eigenvalue weighted by atomic mass is 35.5. The Hall–Kier alpha value is -2.54. The van der Waals surface area contributed by atoms with Gasteiger partial charge in [-0.05, 0) is 11.6 Å². The van der Waals surface area contributed by atoms with Crippen LogP contribution in [0.4, 0.5) is 8.78 Å². The summed E-state index contributed by atoms with van der Waals surface area (Å²) in [6.07, 6.45) is -8.21. The van der Waals surface area contributed by atoms with Crippen molar-refractivity contribution >= 4 is 41.4 Å². The number of carbonyl (C=O) groups excluding carboxylic acids is 4. The van der Waals surface area contributed by atoms with Gasteiger partial charge >= 0.3 is 29.3 Å². The van der Waals surface area contributed by atoms with E-state index in [4.69, 9.17) is 45.4 Å². The maximum atomic E-state index is 13.2. The minimum atomic E-state index is -4.24. The molecule has 1 aliphatic heterocycles. The van der Waals surface area contributed by atoms with Crippen LogP contribution in [-0.4, -0.2) is 72.5 Å². The molecule has 0 saturated carbocycles. The van der Waals surface area contributed by atoms with Crippen molar-refractivity contribution in [3.8, 4) is 0 Å². The van der Waals surface area contributed by atoms with Gasteiger partial charge in [0.2, 0.25) is 12.4 Å². The highest BCUT2D eigenvalue weighted by Crippen LogP contribution is 2.32. The number of hydrogen-bond donors (Lipinski definition) is 1. The monoisotopic (exact) mass is 459 g/mol. The van der Waals surface area contributed by atoms with E-state index in [0.29, 0.717) is 0 Å². The Morgan fingerprint density at radius 1 is 0.867 bits per heavy atom. The minimum absolute atomic E-state index is 0.581. The average molecular weight is 460 g/mol. The molecule has 1 N–H and O–H groups in total. The number of ether oxygens (including phenoxy) is 6. The Bertz CT molecular complexity index is 698. The van der Waals surface area contributed by atoms with Crippen molar-refractivity contribution in [1.82, 2.24) is 0 Å². The van der Waals surface area contributed by atoms with Crippen LogP contribution in [-0.2, 0) is 47.6 Å². The van der Waals surface area contributed by atoms with Crippen LogP contribution in [0.2, 0.25) is 0 Å². The Balaban J connectivity index is 3.37. The van der Waals surface area contributed by atoms with Crippen LogP contribution >= 0.6 is 11.6 Å². The summed E-state index contributed by atoms with van der Waals surface area (Å²) in [4.78, 5) is 45.8. The highest BCUT2D eigenvalue weighted by Gasteiger charge is 2.54. The Labute approximate surface area is 174 Å².